The molecule has 0 N–H and O–H groups in total. The second-order valence-corrected chi connectivity index (χ2v) is 5.21. The van der Waals surface area contributed by atoms with Gasteiger partial charge in [-0.3, -0.25) is 0 Å². The van der Waals surface area contributed by atoms with E-state index < -0.39 is 0 Å². The average molecular weight is 259 g/mol. The van der Waals surface area contributed by atoms with Crippen molar-refractivity contribution in [3.05, 3.63) is 33.0 Å². The molecule has 2 aromatic rings. The Morgan fingerprint density at radius 3 is 2.33 bits per heavy atom. The van der Waals surface area contributed by atoms with Crippen molar-refractivity contribution in [2.75, 3.05) is 0 Å². The number of thiophene rings is 1. The summed E-state index contributed by atoms with van der Waals surface area (Å²) >= 11 is 13.3. The van der Waals surface area contributed by atoms with Crippen LogP contribution in [0.1, 0.15) is 11.4 Å². The average Bonchev–Trinajstić information content (AvgIpc) is 2.58. The molecule has 78 valence electrons. The van der Waals surface area contributed by atoms with Crippen molar-refractivity contribution >= 4 is 34.5 Å². The number of hydrogen-bond acceptors (Lipinski definition) is 3. The molecule has 2 heterocycles. The Kier molecular flexibility index (Phi) is 2.96. The summed E-state index contributed by atoms with van der Waals surface area (Å²) in [6, 6.07) is 3.73. The van der Waals surface area contributed by atoms with Gasteiger partial charge in [0.25, 0.3) is 0 Å². The molecule has 0 atom stereocenters. The van der Waals surface area contributed by atoms with E-state index in [9.17, 15) is 0 Å². The molecule has 0 aliphatic heterocycles. The van der Waals surface area contributed by atoms with Gasteiger partial charge in [-0.2, -0.15) is 0 Å². The number of rotatable bonds is 1. The van der Waals surface area contributed by atoms with Crippen LogP contribution in [0.15, 0.2) is 12.1 Å². The number of nitrogens with zero attached hydrogens (tertiary/aromatic N) is 2. The van der Waals surface area contributed by atoms with Crippen molar-refractivity contribution in [1.29, 1.82) is 0 Å². The minimum absolute atomic E-state index is 0.427. The highest BCUT2D eigenvalue weighted by atomic mass is 35.5. The molecule has 0 aromatic carbocycles. The molecule has 0 radical (unpaired) electrons. The van der Waals surface area contributed by atoms with Crippen LogP contribution < -0.4 is 0 Å². The largest absolute Gasteiger partial charge is 0.247 e. The smallest absolute Gasteiger partial charge is 0.156 e. The summed E-state index contributed by atoms with van der Waals surface area (Å²) in [6.07, 6.45) is 0. The van der Waals surface area contributed by atoms with Crippen molar-refractivity contribution in [3.63, 3.8) is 0 Å². The van der Waals surface area contributed by atoms with Crippen LogP contribution in [-0.4, -0.2) is 9.97 Å². The van der Waals surface area contributed by atoms with E-state index in [1.54, 1.807) is 0 Å². The van der Waals surface area contributed by atoms with E-state index in [-0.39, 0.29) is 0 Å². The molecule has 2 nitrogen and oxygen atoms in total. The van der Waals surface area contributed by atoms with Gasteiger partial charge in [0, 0.05) is 0 Å². The Balaban J connectivity index is 2.58. The van der Waals surface area contributed by atoms with Crippen LogP contribution >= 0.6 is 34.5 Å². The van der Waals surface area contributed by atoms with Gasteiger partial charge in [0.2, 0.25) is 0 Å². The van der Waals surface area contributed by atoms with E-state index in [1.807, 2.05) is 26.0 Å². The molecule has 2 rings (SSSR count). The summed E-state index contributed by atoms with van der Waals surface area (Å²) in [7, 11) is 0. The van der Waals surface area contributed by atoms with Crippen molar-refractivity contribution < 1.29 is 0 Å². The highest BCUT2D eigenvalue weighted by Crippen LogP contribution is 2.33. The van der Waals surface area contributed by atoms with Crippen molar-refractivity contribution in [3.8, 4) is 10.6 Å². The van der Waals surface area contributed by atoms with E-state index in [4.69, 9.17) is 23.2 Å². The molecule has 5 heteroatoms. The third kappa shape index (κ3) is 2.14. The van der Waals surface area contributed by atoms with Crippen LogP contribution in [-0.2, 0) is 0 Å². The summed E-state index contributed by atoms with van der Waals surface area (Å²) in [5, 5.41) is 0.427. The highest BCUT2D eigenvalue weighted by Gasteiger charge is 2.11. The van der Waals surface area contributed by atoms with Gasteiger partial charge in [0.05, 0.1) is 20.6 Å². The normalized spacial score (nSPS) is 10.7. The molecule has 0 saturated heterocycles. The number of aryl methyl sites for hydroxylation is 2. The molecule has 0 amide bonds. The van der Waals surface area contributed by atoms with Crippen molar-refractivity contribution in [1.82, 2.24) is 9.97 Å². The van der Waals surface area contributed by atoms with Crippen LogP contribution in [0, 0.1) is 13.8 Å². The second kappa shape index (κ2) is 4.08. The van der Waals surface area contributed by atoms with Gasteiger partial charge in [0.1, 0.15) is 5.69 Å². The van der Waals surface area contributed by atoms with E-state index in [0.29, 0.717) is 10.8 Å². The molecular weight excluding hydrogens is 251 g/mol. The first-order chi connectivity index (χ1) is 7.08. The third-order valence-corrected chi connectivity index (χ3v) is 3.57. The molecule has 2 aromatic heterocycles. The summed E-state index contributed by atoms with van der Waals surface area (Å²) in [4.78, 5) is 9.58. The molecule has 0 bridgehead atoms. The first kappa shape index (κ1) is 10.9. The molecule has 15 heavy (non-hydrogen) atoms. The standard InChI is InChI=1S/C10H8Cl2N2S/c1-5-6(2)14-10(12)9(13-5)7-3-4-8(11)15-7/h3-4H,1-2H3. The third-order valence-electron chi connectivity index (χ3n) is 2.07. The van der Waals surface area contributed by atoms with Gasteiger partial charge in [-0.1, -0.05) is 23.2 Å². The fourth-order valence-corrected chi connectivity index (χ4v) is 2.53. The fourth-order valence-electron chi connectivity index (χ4n) is 1.17. The SMILES string of the molecule is Cc1nc(Cl)c(-c2ccc(Cl)s2)nc1C. The molecule has 0 aliphatic carbocycles. The van der Waals surface area contributed by atoms with Gasteiger partial charge in [-0.25, -0.2) is 9.97 Å². The quantitative estimate of drug-likeness (QED) is 0.769. The maximum Gasteiger partial charge on any atom is 0.156 e. The number of aromatic nitrogens is 2. The summed E-state index contributed by atoms with van der Waals surface area (Å²) in [5.41, 5.74) is 2.45. The molecule has 0 aliphatic rings. The lowest BCUT2D eigenvalue weighted by Crippen LogP contribution is -1.95. The van der Waals surface area contributed by atoms with E-state index in [1.165, 1.54) is 11.3 Å². The predicted octanol–water partition coefficient (Wildman–Crippen LogP) is 4.13. The monoisotopic (exact) mass is 258 g/mol. The van der Waals surface area contributed by atoms with Gasteiger partial charge in [-0.15, -0.1) is 11.3 Å². The van der Waals surface area contributed by atoms with Crippen LogP contribution in [0.3, 0.4) is 0 Å². The van der Waals surface area contributed by atoms with E-state index in [2.05, 4.69) is 9.97 Å². The molecule has 0 fully saturated rings. The molecule has 0 saturated carbocycles. The van der Waals surface area contributed by atoms with Gasteiger partial charge in [-0.05, 0) is 26.0 Å². The lowest BCUT2D eigenvalue weighted by atomic mass is 10.3. The van der Waals surface area contributed by atoms with Crippen molar-refractivity contribution in [2.45, 2.75) is 13.8 Å². The Morgan fingerprint density at radius 1 is 1.07 bits per heavy atom. The lowest BCUT2D eigenvalue weighted by molar-refractivity contribution is 1.06. The Hall–Kier alpha value is -0.640. The lowest BCUT2D eigenvalue weighted by Gasteiger charge is -2.03. The molecule has 0 spiro atoms. The van der Waals surface area contributed by atoms with E-state index >= 15 is 0 Å². The second-order valence-electron chi connectivity index (χ2n) is 3.14. The Bertz CT molecular complexity index is 508. The highest BCUT2D eigenvalue weighted by molar-refractivity contribution is 7.19. The van der Waals surface area contributed by atoms with Gasteiger partial charge < -0.3 is 0 Å². The first-order valence-electron chi connectivity index (χ1n) is 4.34. The zero-order valence-electron chi connectivity index (χ0n) is 8.21. The minimum atomic E-state index is 0.427. The Morgan fingerprint density at radius 2 is 1.73 bits per heavy atom. The van der Waals surface area contributed by atoms with Crippen LogP contribution in [0.5, 0.6) is 0 Å². The maximum absolute atomic E-state index is 6.04. The van der Waals surface area contributed by atoms with Gasteiger partial charge in [0.15, 0.2) is 5.15 Å². The van der Waals surface area contributed by atoms with Crippen molar-refractivity contribution in [2.24, 2.45) is 0 Å². The molecule has 0 unspecified atom stereocenters. The topological polar surface area (TPSA) is 25.8 Å². The number of halogens is 2. The van der Waals surface area contributed by atoms with Crippen LogP contribution in [0.4, 0.5) is 0 Å². The van der Waals surface area contributed by atoms with Crippen LogP contribution in [0.2, 0.25) is 9.49 Å². The van der Waals surface area contributed by atoms with Gasteiger partial charge >= 0.3 is 0 Å². The summed E-state index contributed by atoms with van der Waals surface area (Å²) in [5.74, 6) is 0. The minimum Gasteiger partial charge on any atom is -0.247 e. The number of hydrogen-bond donors (Lipinski definition) is 0. The first-order valence-corrected chi connectivity index (χ1v) is 5.91. The van der Waals surface area contributed by atoms with E-state index in [0.717, 1.165) is 20.6 Å². The zero-order chi connectivity index (χ0) is 11.0. The Labute approximate surface area is 102 Å². The predicted molar refractivity (Wildman–Crippen MR) is 64.8 cm³/mol. The zero-order valence-corrected chi connectivity index (χ0v) is 10.5. The summed E-state index contributed by atoms with van der Waals surface area (Å²) in [6.45, 7) is 3.80. The molecular formula is C10H8Cl2N2S. The van der Waals surface area contributed by atoms with Crippen LogP contribution in [0.25, 0.3) is 10.6 Å². The fraction of sp³-hybridized carbons (Fsp3) is 0.200. The maximum atomic E-state index is 6.04. The summed E-state index contributed by atoms with van der Waals surface area (Å²) < 4.78 is 0.723.